The molecule has 200 valence electrons. The fraction of sp³-hybridized carbons (Fsp3) is 0.321. The molecule has 1 amide bonds. The van der Waals surface area contributed by atoms with Gasteiger partial charge in [-0.2, -0.15) is 4.31 Å². The summed E-state index contributed by atoms with van der Waals surface area (Å²) in [5.74, 6) is 0. The third-order valence-corrected chi connectivity index (χ3v) is 7.62. The third-order valence-electron chi connectivity index (χ3n) is 5.78. The van der Waals surface area contributed by atoms with Gasteiger partial charge >= 0.3 is 6.09 Å². The maximum Gasteiger partial charge on any atom is 0.410 e. The van der Waals surface area contributed by atoms with Gasteiger partial charge in [0, 0.05) is 56.4 Å². The van der Waals surface area contributed by atoms with E-state index in [1.165, 1.54) is 10.6 Å². The van der Waals surface area contributed by atoms with Crippen LogP contribution in [-0.4, -0.2) is 52.4 Å². The molecule has 38 heavy (non-hydrogen) atoms. The molecular weight excluding hydrogens is 504 g/mol. The number of hydrogen-bond acceptors (Lipinski definition) is 7. The Labute approximate surface area is 223 Å². The number of furan rings is 1. The van der Waals surface area contributed by atoms with Crippen LogP contribution in [0.5, 0.6) is 0 Å². The fourth-order valence-corrected chi connectivity index (χ4v) is 5.44. The minimum Gasteiger partial charge on any atom is -0.464 e. The van der Waals surface area contributed by atoms with Gasteiger partial charge in [-0.25, -0.2) is 13.2 Å². The summed E-state index contributed by atoms with van der Waals surface area (Å²) in [4.78, 5) is 22.8. The molecule has 0 saturated carbocycles. The number of hydrogen-bond donors (Lipinski definition) is 0. The van der Waals surface area contributed by atoms with Gasteiger partial charge in [-0.15, -0.1) is 0 Å². The molecule has 0 fully saturated rings. The summed E-state index contributed by atoms with van der Waals surface area (Å²) in [6.45, 7) is 6.45. The quantitative estimate of drug-likeness (QED) is 0.273. The zero-order valence-corrected chi connectivity index (χ0v) is 22.6. The van der Waals surface area contributed by atoms with Crippen LogP contribution in [0.25, 0.3) is 11.0 Å². The number of ether oxygens (including phenoxy) is 1. The van der Waals surface area contributed by atoms with Crippen LogP contribution in [0, 0.1) is 0 Å². The molecule has 3 heterocycles. The molecule has 0 radical (unpaired) electrons. The number of amides is 1. The van der Waals surface area contributed by atoms with Gasteiger partial charge in [0.1, 0.15) is 11.2 Å². The van der Waals surface area contributed by atoms with Crippen LogP contribution in [-0.2, 0) is 27.8 Å². The fourth-order valence-electron chi connectivity index (χ4n) is 3.94. The molecule has 0 unspecified atom stereocenters. The topological polar surface area (TPSA) is 106 Å². The minimum atomic E-state index is -3.85. The first-order chi connectivity index (χ1) is 18.1. The van der Waals surface area contributed by atoms with E-state index < -0.39 is 21.7 Å². The Kier molecular flexibility index (Phi) is 8.43. The van der Waals surface area contributed by atoms with Crippen molar-refractivity contribution in [3.8, 4) is 0 Å². The molecule has 3 aromatic heterocycles. The summed E-state index contributed by atoms with van der Waals surface area (Å²) in [6, 6.07) is 13.8. The average molecular weight is 537 g/mol. The SMILES string of the molecule is CC(C)(C)OC(=O)N(CCCN(Cc1ccncc1)S(=O)(=O)c1ccc2occc2c1)Cc1ccncc1. The lowest BCUT2D eigenvalue weighted by molar-refractivity contribution is 0.0229. The average Bonchev–Trinajstić information content (AvgIpc) is 3.36. The Bertz CT molecular complexity index is 1450. The van der Waals surface area contributed by atoms with Crippen molar-refractivity contribution in [1.82, 2.24) is 19.2 Å². The van der Waals surface area contributed by atoms with Gasteiger partial charge in [0.2, 0.25) is 10.0 Å². The molecular formula is C28H32N4O5S. The van der Waals surface area contributed by atoms with Crippen molar-refractivity contribution in [3.05, 3.63) is 90.7 Å². The Morgan fingerprint density at radius 2 is 1.53 bits per heavy atom. The molecule has 0 bridgehead atoms. The standard InChI is InChI=1S/C28H32N4O5S/c1-28(2,3)37-27(33)31(20-22-7-12-29-13-8-22)16-4-17-32(21-23-9-14-30-15-10-23)38(34,35)25-5-6-26-24(19-25)11-18-36-26/h5-15,18-19H,4,16-17,20-21H2,1-3H3. The van der Waals surface area contributed by atoms with Crippen molar-refractivity contribution >= 4 is 27.1 Å². The van der Waals surface area contributed by atoms with E-state index in [1.807, 2.05) is 32.9 Å². The Morgan fingerprint density at radius 3 is 2.16 bits per heavy atom. The number of sulfonamides is 1. The number of rotatable bonds is 10. The second-order valence-electron chi connectivity index (χ2n) is 9.93. The van der Waals surface area contributed by atoms with E-state index in [0.29, 0.717) is 30.5 Å². The van der Waals surface area contributed by atoms with Crippen LogP contribution in [0.2, 0.25) is 0 Å². The van der Waals surface area contributed by atoms with E-state index in [0.717, 1.165) is 11.1 Å². The normalized spacial score (nSPS) is 12.1. The van der Waals surface area contributed by atoms with Gasteiger partial charge < -0.3 is 14.1 Å². The Hall–Kier alpha value is -3.76. The van der Waals surface area contributed by atoms with E-state index in [2.05, 4.69) is 9.97 Å². The lowest BCUT2D eigenvalue weighted by atomic mass is 10.2. The summed E-state index contributed by atoms with van der Waals surface area (Å²) < 4.78 is 39.9. The molecule has 0 saturated heterocycles. The summed E-state index contributed by atoms with van der Waals surface area (Å²) in [6.07, 6.45) is 8.09. The molecule has 0 aliphatic rings. The van der Waals surface area contributed by atoms with E-state index in [9.17, 15) is 13.2 Å². The predicted octanol–water partition coefficient (Wildman–Crippen LogP) is 5.24. The summed E-state index contributed by atoms with van der Waals surface area (Å²) in [5.41, 5.74) is 1.68. The molecule has 0 atom stereocenters. The van der Waals surface area contributed by atoms with Crippen LogP contribution in [0.1, 0.15) is 38.3 Å². The van der Waals surface area contributed by atoms with E-state index in [4.69, 9.17) is 9.15 Å². The minimum absolute atomic E-state index is 0.172. The zero-order valence-electron chi connectivity index (χ0n) is 21.8. The second-order valence-corrected chi connectivity index (χ2v) is 11.9. The first-order valence-electron chi connectivity index (χ1n) is 12.3. The summed E-state index contributed by atoms with van der Waals surface area (Å²) in [7, 11) is -3.85. The molecule has 4 rings (SSSR count). The third kappa shape index (κ3) is 7.17. The lowest BCUT2D eigenvalue weighted by Crippen LogP contribution is -2.39. The monoisotopic (exact) mass is 536 g/mol. The largest absolute Gasteiger partial charge is 0.464 e. The van der Waals surface area contributed by atoms with Crippen LogP contribution in [0.3, 0.4) is 0 Å². The van der Waals surface area contributed by atoms with E-state index in [1.54, 1.807) is 66.1 Å². The molecule has 4 aromatic rings. The van der Waals surface area contributed by atoms with E-state index >= 15 is 0 Å². The van der Waals surface area contributed by atoms with Crippen molar-refractivity contribution in [2.75, 3.05) is 13.1 Å². The molecule has 9 nitrogen and oxygen atoms in total. The van der Waals surface area contributed by atoms with Gasteiger partial charge in [-0.1, -0.05) is 0 Å². The first kappa shape index (κ1) is 27.3. The highest BCUT2D eigenvalue weighted by Crippen LogP contribution is 2.24. The molecule has 0 N–H and O–H groups in total. The van der Waals surface area contributed by atoms with Crippen molar-refractivity contribution in [1.29, 1.82) is 0 Å². The Morgan fingerprint density at radius 1 is 0.895 bits per heavy atom. The van der Waals surface area contributed by atoms with Gasteiger partial charge in [0.15, 0.2) is 0 Å². The maximum atomic E-state index is 13.8. The number of pyridine rings is 2. The molecule has 0 aliphatic carbocycles. The first-order valence-corrected chi connectivity index (χ1v) is 13.8. The smallest absolute Gasteiger partial charge is 0.410 e. The van der Waals surface area contributed by atoms with Gasteiger partial charge in [-0.3, -0.25) is 9.97 Å². The number of aromatic nitrogens is 2. The number of fused-ring (bicyclic) bond motifs is 1. The van der Waals surface area contributed by atoms with Crippen LogP contribution in [0.15, 0.2) is 88.9 Å². The van der Waals surface area contributed by atoms with Gasteiger partial charge in [0.25, 0.3) is 0 Å². The highest BCUT2D eigenvalue weighted by atomic mass is 32.2. The van der Waals surface area contributed by atoms with Crippen molar-refractivity contribution in [3.63, 3.8) is 0 Å². The second kappa shape index (κ2) is 11.7. The van der Waals surface area contributed by atoms with Crippen molar-refractivity contribution < 1.29 is 22.4 Å². The summed E-state index contributed by atoms with van der Waals surface area (Å²) in [5, 5.41) is 0.711. The van der Waals surface area contributed by atoms with Gasteiger partial charge in [0.05, 0.1) is 11.2 Å². The lowest BCUT2D eigenvalue weighted by Gasteiger charge is -2.28. The van der Waals surface area contributed by atoms with Crippen molar-refractivity contribution in [2.45, 2.75) is 50.8 Å². The van der Waals surface area contributed by atoms with Gasteiger partial charge in [-0.05, 0) is 86.8 Å². The van der Waals surface area contributed by atoms with Crippen LogP contribution < -0.4 is 0 Å². The van der Waals surface area contributed by atoms with Crippen molar-refractivity contribution in [2.24, 2.45) is 0 Å². The van der Waals surface area contributed by atoms with Crippen LogP contribution >= 0.6 is 0 Å². The summed E-state index contributed by atoms with van der Waals surface area (Å²) >= 11 is 0. The molecule has 0 aliphatic heterocycles. The predicted molar refractivity (Wildman–Crippen MR) is 144 cm³/mol. The number of carbonyl (C=O) groups excluding carboxylic acids is 1. The number of benzene rings is 1. The maximum absolute atomic E-state index is 13.8. The molecule has 1 aromatic carbocycles. The molecule has 10 heteroatoms. The highest BCUT2D eigenvalue weighted by Gasteiger charge is 2.27. The zero-order chi connectivity index (χ0) is 27.2. The molecule has 0 spiro atoms. The number of nitrogens with zero attached hydrogens (tertiary/aromatic N) is 4. The highest BCUT2D eigenvalue weighted by molar-refractivity contribution is 7.89. The van der Waals surface area contributed by atoms with Crippen LogP contribution in [0.4, 0.5) is 4.79 Å². The van der Waals surface area contributed by atoms with E-state index in [-0.39, 0.29) is 18.0 Å². The number of carbonyl (C=O) groups is 1. The Balaban J connectivity index is 1.54.